The van der Waals surface area contributed by atoms with Crippen LogP contribution < -0.4 is 0 Å². The Balaban J connectivity index is 3.07. The van der Waals surface area contributed by atoms with Crippen LogP contribution in [0.15, 0.2) is 0 Å². The lowest BCUT2D eigenvalue weighted by atomic mass is 10.1. The summed E-state index contributed by atoms with van der Waals surface area (Å²) in [5, 5.41) is 0.541. The van der Waals surface area contributed by atoms with Gasteiger partial charge in [-0.2, -0.15) is 0 Å². The highest BCUT2D eigenvalue weighted by atomic mass is 79.9. The number of hydrogen-bond donors (Lipinski definition) is 0. The molecule has 0 aliphatic carbocycles. The van der Waals surface area contributed by atoms with E-state index >= 15 is 0 Å². The number of ether oxygens (including phenoxy) is 2. The SMILES string of the molecule is O=C(CBr)OCCCCCCCCCOC(=O)CBr. The molecule has 0 saturated heterocycles. The van der Waals surface area contributed by atoms with Crippen molar-refractivity contribution in [3.63, 3.8) is 0 Å². The van der Waals surface area contributed by atoms with Gasteiger partial charge in [0, 0.05) is 0 Å². The molecule has 0 unspecified atom stereocenters. The van der Waals surface area contributed by atoms with Gasteiger partial charge in [0.15, 0.2) is 0 Å². The van der Waals surface area contributed by atoms with E-state index in [0.29, 0.717) is 13.2 Å². The van der Waals surface area contributed by atoms with Crippen LogP contribution in [0.3, 0.4) is 0 Å². The lowest BCUT2D eigenvalue weighted by Crippen LogP contribution is -2.06. The average molecular weight is 402 g/mol. The molecule has 0 N–H and O–H groups in total. The summed E-state index contributed by atoms with van der Waals surface area (Å²) in [6.07, 6.45) is 7.55. The smallest absolute Gasteiger partial charge is 0.316 e. The van der Waals surface area contributed by atoms with Crippen molar-refractivity contribution >= 4 is 43.8 Å². The van der Waals surface area contributed by atoms with Gasteiger partial charge in [0.05, 0.1) is 13.2 Å². The highest BCUT2D eigenvalue weighted by molar-refractivity contribution is 9.09. The van der Waals surface area contributed by atoms with E-state index in [9.17, 15) is 9.59 Å². The molecule has 0 aliphatic heterocycles. The number of hydrogen-bond acceptors (Lipinski definition) is 4. The quantitative estimate of drug-likeness (QED) is 0.285. The predicted octanol–water partition coefficient (Wildman–Crippen LogP) is 3.59. The lowest BCUT2D eigenvalue weighted by Gasteiger charge is -2.04. The van der Waals surface area contributed by atoms with Crippen LogP contribution in [0.5, 0.6) is 0 Å². The molecule has 0 amide bonds. The summed E-state index contributed by atoms with van der Waals surface area (Å²) in [5.41, 5.74) is 0. The number of esters is 2. The zero-order valence-corrected chi connectivity index (χ0v) is 14.3. The van der Waals surface area contributed by atoms with Gasteiger partial charge in [-0.25, -0.2) is 0 Å². The van der Waals surface area contributed by atoms with Crippen molar-refractivity contribution in [1.82, 2.24) is 0 Å². The Hall–Kier alpha value is -0.100. The fourth-order valence-corrected chi connectivity index (χ4v) is 1.86. The fourth-order valence-electron chi connectivity index (χ4n) is 1.54. The Bertz CT molecular complexity index is 223. The van der Waals surface area contributed by atoms with Crippen molar-refractivity contribution in [2.75, 3.05) is 23.9 Å². The van der Waals surface area contributed by atoms with Gasteiger partial charge in [-0.1, -0.05) is 64.0 Å². The van der Waals surface area contributed by atoms with Gasteiger partial charge in [0.25, 0.3) is 0 Å². The molecule has 19 heavy (non-hydrogen) atoms. The van der Waals surface area contributed by atoms with Gasteiger partial charge in [-0.3, -0.25) is 9.59 Å². The molecule has 0 aromatic rings. The maximum Gasteiger partial charge on any atom is 0.316 e. The van der Waals surface area contributed by atoms with E-state index in [1.54, 1.807) is 0 Å². The molecule has 0 aliphatic rings. The van der Waals surface area contributed by atoms with E-state index in [4.69, 9.17) is 9.47 Å². The molecule has 0 radical (unpaired) electrons. The molecule has 0 aromatic carbocycles. The van der Waals surface area contributed by atoms with Crippen molar-refractivity contribution in [2.24, 2.45) is 0 Å². The molecule has 112 valence electrons. The van der Waals surface area contributed by atoms with Crippen LogP contribution >= 0.6 is 31.9 Å². The Morgan fingerprint density at radius 2 is 0.947 bits per heavy atom. The van der Waals surface area contributed by atoms with Crippen molar-refractivity contribution in [3.8, 4) is 0 Å². The molecule has 0 saturated carbocycles. The first-order chi connectivity index (χ1) is 9.20. The lowest BCUT2D eigenvalue weighted by molar-refractivity contribution is -0.141. The zero-order valence-electron chi connectivity index (χ0n) is 11.2. The van der Waals surface area contributed by atoms with Crippen molar-refractivity contribution in [2.45, 2.75) is 44.9 Å². The average Bonchev–Trinajstić information content (AvgIpc) is 2.43. The second kappa shape index (κ2) is 14.3. The normalized spacial score (nSPS) is 10.2. The van der Waals surface area contributed by atoms with Crippen LogP contribution in [0, 0.1) is 0 Å². The molecule has 0 aromatic heterocycles. The zero-order chi connectivity index (χ0) is 14.3. The summed E-state index contributed by atoms with van der Waals surface area (Å²) in [6, 6.07) is 0. The molecule has 0 spiro atoms. The fraction of sp³-hybridized carbons (Fsp3) is 0.846. The Labute approximate surface area is 131 Å². The number of halogens is 2. The number of rotatable bonds is 12. The summed E-state index contributed by atoms with van der Waals surface area (Å²) in [7, 11) is 0. The van der Waals surface area contributed by atoms with Gasteiger partial charge in [-0.05, 0) is 12.8 Å². The number of unbranched alkanes of at least 4 members (excludes halogenated alkanes) is 6. The Kier molecular flexibility index (Phi) is 14.2. The molecule has 4 nitrogen and oxygen atoms in total. The summed E-state index contributed by atoms with van der Waals surface area (Å²) < 4.78 is 9.89. The molecule has 0 heterocycles. The van der Waals surface area contributed by atoms with E-state index in [2.05, 4.69) is 31.9 Å². The van der Waals surface area contributed by atoms with E-state index in [1.807, 2.05) is 0 Å². The van der Waals surface area contributed by atoms with Crippen molar-refractivity contribution < 1.29 is 19.1 Å². The van der Waals surface area contributed by atoms with Crippen molar-refractivity contribution in [3.05, 3.63) is 0 Å². The number of carbonyl (C=O) groups is 2. The first kappa shape index (κ1) is 18.9. The van der Waals surface area contributed by atoms with Gasteiger partial charge in [0.2, 0.25) is 0 Å². The third-order valence-electron chi connectivity index (χ3n) is 2.53. The van der Waals surface area contributed by atoms with Crippen LogP contribution in [0.25, 0.3) is 0 Å². The van der Waals surface area contributed by atoms with E-state index in [-0.39, 0.29) is 22.6 Å². The Morgan fingerprint density at radius 3 is 1.26 bits per heavy atom. The summed E-state index contributed by atoms with van der Waals surface area (Å²) >= 11 is 6.09. The summed E-state index contributed by atoms with van der Waals surface area (Å²) in [4.78, 5) is 21.6. The van der Waals surface area contributed by atoms with Crippen LogP contribution in [-0.4, -0.2) is 35.8 Å². The molecule has 0 atom stereocenters. The predicted molar refractivity (Wildman–Crippen MR) is 81.8 cm³/mol. The van der Waals surface area contributed by atoms with E-state index in [1.165, 1.54) is 6.42 Å². The highest BCUT2D eigenvalue weighted by Gasteiger charge is 1.99. The molecular weight excluding hydrogens is 380 g/mol. The standard InChI is InChI=1S/C13H22Br2O4/c14-10-12(16)18-8-6-4-2-1-3-5-7-9-19-13(17)11-15/h1-11H2. The monoisotopic (exact) mass is 400 g/mol. The summed E-state index contributed by atoms with van der Waals surface area (Å²) in [6.45, 7) is 1.04. The van der Waals surface area contributed by atoms with Gasteiger partial charge in [0.1, 0.15) is 10.7 Å². The third kappa shape index (κ3) is 14.1. The maximum absolute atomic E-state index is 10.8. The van der Waals surface area contributed by atoms with E-state index < -0.39 is 0 Å². The second-order valence-electron chi connectivity index (χ2n) is 4.18. The minimum Gasteiger partial charge on any atom is -0.465 e. The number of alkyl halides is 2. The molecular formula is C13H22Br2O4. The van der Waals surface area contributed by atoms with Crippen molar-refractivity contribution in [1.29, 1.82) is 0 Å². The first-order valence-electron chi connectivity index (χ1n) is 6.64. The number of carbonyl (C=O) groups excluding carboxylic acids is 2. The van der Waals surface area contributed by atoms with Gasteiger partial charge in [-0.15, -0.1) is 0 Å². The summed E-state index contributed by atoms with van der Waals surface area (Å²) in [5.74, 6) is -0.393. The van der Waals surface area contributed by atoms with E-state index in [0.717, 1.165) is 38.5 Å². The van der Waals surface area contributed by atoms with Gasteiger partial charge >= 0.3 is 11.9 Å². The minimum atomic E-state index is -0.196. The van der Waals surface area contributed by atoms with Crippen LogP contribution in [0.1, 0.15) is 44.9 Å². The largest absolute Gasteiger partial charge is 0.465 e. The first-order valence-corrected chi connectivity index (χ1v) is 8.88. The van der Waals surface area contributed by atoms with Crippen LogP contribution in [-0.2, 0) is 19.1 Å². The molecule has 0 bridgehead atoms. The second-order valence-corrected chi connectivity index (χ2v) is 5.30. The molecule has 0 rings (SSSR count). The molecule has 6 heteroatoms. The van der Waals surface area contributed by atoms with Gasteiger partial charge < -0.3 is 9.47 Å². The van der Waals surface area contributed by atoms with Crippen LogP contribution in [0.2, 0.25) is 0 Å². The minimum absolute atomic E-state index is 0.196. The van der Waals surface area contributed by atoms with Crippen LogP contribution in [0.4, 0.5) is 0 Å². The third-order valence-corrected chi connectivity index (χ3v) is 3.45. The molecule has 0 fully saturated rings. The maximum atomic E-state index is 10.8. The highest BCUT2D eigenvalue weighted by Crippen LogP contribution is 2.07. The topological polar surface area (TPSA) is 52.6 Å². The Morgan fingerprint density at radius 1 is 0.632 bits per heavy atom.